The fourth-order valence-corrected chi connectivity index (χ4v) is 1.43. The third-order valence-electron chi connectivity index (χ3n) is 2.37. The maximum Gasteiger partial charge on any atom is 0.165 e. The molecular weight excluding hydrogens is 233 g/mol. The van der Waals surface area contributed by atoms with Crippen molar-refractivity contribution in [2.75, 3.05) is 19.7 Å². The molecule has 0 saturated heterocycles. The van der Waals surface area contributed by atoms with Crippen LogP contribution < -0.4 is 10.1 Å². The molecule has 0 bridgehead atoms. The molecule has 0 radical (unpaired) electrons. The maximum atomic E-state index is 13.2. The largest absolute Gasteiger partial charge is 0.488 e. The van der Waals surface area contributed by atoms with Crippen molar-refractivity contribution in [2.24, 2.45) is 0 Å². The number of aliphatic hydroxyl groups is 1. The second-order valence-electron chi connectivity index (χ2n) is 3.96. The van der Waals surface area contributed by atoms with E-state index < -0.39 is 11.9 Å². The number of benzene rings is 1. The molecule has 100 valence electrons. The van der Waals surface area contributed by atoms with Gasteiger partial charge in [-0.25, -0.2) is 4.39 Å². The Balaban J connectivity index is 2.17. The third kappa shape index (κ3) is 5.80. The zero-order chi connectivity index (χ0) is 13.2. The monoisotopic (exact) mass is 253 g/mol. The lowest BCUT2D eigenvalue weighted by atomic mass is 10.3. The predicted molar refractivity (Wildman–Crippen MR) is 70.2 cm³/mol. The number of aliphatic hydroxyl groups excluding tert-OH is 1. The molecule has 0 aliphatic carbocycles. The topological polar surface area (TPSA) is 41.5 Å². The van der Waals surface area contributed by atoms with E-state index in [4.69, 9.17) is 4.74 Å². The van der Waals surface area contributed by atoms with E-state index in [2.05, 4.69) is 11.4 Å². The van der Waals surface area contributed by atoms with Crippen molar-refractivity contribution in [1.29, 1.82) is 0 Å². The molecule has 18 heavy (non-hydrogen) atoms. The van der Waals surface area contributed by atoms with Gasteiger partial charge in [0.05, 0.1) is 0 Å². The number of halogens is 1. The Hall–Kier alpha value is -1.39. The van der Waals surface area contributed by atoms with Gasteiger partial charge >= 0.3 is 0 Å². The van der Waals surface area contributed by atoms with Crippen LogP contribution in [0.5, 0.6) is 5.75 Å². The zero-order valence-corrected chi connectivity index (χ0v) is 10.6. The number of nitrogens with one attached hydrogen (secondary N) is 1. The summed E-state index contributed by atoms with van der Waals surface area (Å²) in [5.41, 5.74) is 0. The van der Waals surface area contributed by atoms with Crippen LogP contribution in [-0.2, 0) is 0 Å². The first-order chi connectivity index (χ1) is 8.74. The van der Waals surface area contributed by atoms with Gasteiger partial charge in [0.25, 0.3) is 0 Å². The van der Waals surface area contributed by atoms with Crippen LogP contribution in [0.4, 0.5) is 4.39 Å². The number of hydrogen-bond acceptors (Lipinski definition) is 3. The molecule has 2 N–H and O–H groups in total. The number of rotatable bonds is 8. The summed E-state index contributed by atoms with van der Waals surface area (Å²) in [6.07, 6.45) is 4.32. The SMILES string of the molecule is C/C=C/CCNCC(O)COc1ccccc1F. The summed E-state index contributed by atoms with van der Waals surface area (Å²) >= 11 is 0. The molecule has 0 aromatic heterocycles. The Labute approximate surface area is 107 Å². The van der Waals surface area contributed by atoms with Gasteiger partial charge < -0.3 is 15.2 Å². The highest BCUT2D eigenvalue weighted by Gasteiger charge is 2.06. The summed E-state index contributed by atoms with van der Waals surface area (Å²) < 4.78 is 18.4. The van der Waals surface area contributed by atoms with Crippen LogP contribution in [0.25, 0.3) is 0 Å². The van der Waals surface area contributed by atoms with E-state index in [0.29, 0.717) is 6.54 Å². The van der Waals surface area contributed by atoms with Crippen molar-refractivity contribution in [3.8, 4) is 5.75 Å². The lowest BCUT2D eigenvalue weighted by Gasteiger charge is -2.13. The summed E-state index contributed by atoms with van der Waals surface area (Å²) in [6.45, 7) is 3.29. The quantitative estimate of drug-likeness (QED) is 0.551. The molecule has 3 nitrogen and oxygen atoms in total. The molecule has 1 rings (SSSR count). The Morgan fingerprint density at radius 3 is 2.94 bits per heavy atom. The van der Waals surface area contributed by atoms with Crippen LogP contribution in [0, 0.1) is 5.82 Å². The van der Waals surface area contributed by atoms with Crippen LogP contribution in [0.1, 0.15) is 13.3 Å². The van der Waals surface area contributed by atoms with Crippen molar-refractivity contribution in [1.82, 2.24) is 5.32 Å². The van der Waals surface area contributed by atoms with E-state index in [0.717, 1.165) is 13.0 Å². The fraction of sp³-hybridized carbons (Fsp3) is 0.429. The van der Waals surface area contributed by atoms with Crippen LogP contribution in [-0.4, -0.2) is 30.9 Å². The van der Waals surface area contributed by atoms with Gasteiger partial charge in [0.2, 0.25) is 0 Å². The highest BCUT2D eigenvalue weighted by Crippen LogP contribution is 2.15. The summed E-state index contributed by atoms with van der Waals surface area (Å²) in [5, 5.41) is 12.7. The zero-order valence-electron chi connectivity index (χ0n) is 10.6. The highest BCUT2D eigenvalue weighted by atomic mass is 19.1. The van der Waals surface area contributed by atoms with E-state index >= 15 is 0 Å². The standard InChI is InChI=1S/C14H20FNO2/c1-2-3-6-9-16-10-12(17)11-18-14-8-5-4-7-13(14)15/h2-5,7-8,12,16-17H,6,9-11H2,1H3/b3-2+. The Bertz CT molecular complexity index is 369. The van der Waals surface area contributed by atoms with Crippen molar-refractivity contribution in [2.45, 2.75) is 19.4 Å². The number of para-hydroxylation sites is 1. The van der Waals surface area contributed by atoms with Crippen molar-refractivity contribution in [3.63, 3.8) is 0 Å². The minimum Gasteiger partial charge on any atom is -0.488 e. The van der Waals surface area contributed by atoms with Crippen molar-refractivity contribution in [3.05, 3.63) is 42.2 Å². The summed E-state index contributed by atoms with van der Waals surface area (Å²) in [6, 6.07) is 6.17. The Morgan fingerprint density at radius 1 is 1.44 bits per heavy atom. The molecule has 0 aliphatic rings. The van der Waals surface area contributed by atoms with E-state index in [1.165, 1.54) is 6.07 Å². The summed E-state index contributed by atoms with van der Waals surface area (Å²) in [4.78, 5) is 0. The van der Waals surface area contributed by atoms with E-state index in [-0.39, 0.29) is 12.4 Å². The molecular formula is C14H20FNO2. The molecule has 1 aromatic rings. The molecule has 0 heterocycles. The molecule has 0 saturated carbocycles. The van der Waals surface area contributed by atoms with Gasteiger partial charge in [-0.15, -0.1) is 0 Å². The number of ether oxygens (including phenoxy) is 1. The van der Waals surface area contributed by atoms with Crippen molar-refractivity contribution < 1.29 is 14.2 Å². The molecule has 1 aromatic carbocycles. The summed E-state index contributed by atoms with van der Waals surface area (Å²) in [5.74, 6) is -0.240. The van der Waals surface area contributed by atoms with E-state index in [1.807, 2.05) is 13.0 Å². The van der Waals surface area contributed by atoms with Crippen molar-refractivity contribution >= 4 is 0 Å². The van der Waals surface area contributed by atoms with Crippen LogP contribution in [0.3, 0.4) is 0 Å². The second-order valence-corrected chi connectivity index (χ2v) is 3.96. The molecule has 0 fully saturated rings. The van der Waals surface area contributed by atoms with Gasteiger partial charge in [-0.05, 0) is 32.0 Å². The molecule has 0 spiro atoms. The van der Waals surface area contributed by atoms with Gasteiger partial charge in [-0.3, -0.25) is 0 Å². The number of allylic oxidation sites excluding steroid dienone is 1. The van der Waals surface area contributed by atoms with Gasteiger partial charge in [-0.2, -0.15) is 0 Å². The van der Waals surface area contributed by atoms with Gasteiger partial charge in [-0.1, -0.05) is 24.3 Å². The first-order valence-corrected chi connectivity index (χ1v) is 6.11. The Morgan fingerprint density at radius 2 is 2.22 bits per heavy atom. The van der Waals surface area contributed by atoms with E-state index in [1.54, 1.807) is 18.2 Å². The summed E-state index contributed by atoms with van der Waals surface area (Å²) in [7, 11) is 0. The van der Waals surface area contributed by atoms with Crippen LogP contribution in [0.15, 0.2) is 36.4 Å². The molecule has 4 heteroatoms. The lowest BCUT2D eigenvalue weighted by molar-refractivity contribution is 0.104. The second kappa shape index (κ2) is 8.66. The smallest absolute Gasteiger partial charge is 0.165 e. The molecule has 1 atom stereocenters. The van der Waals surface area contributed by atoms with Crippen LogP contribution >= 0.6 is 0 Å². The van der Waals surface area contributed by atoms with Gasteiger partial charge in [0, 0.05) is 6.54 Å². The average molecular weight is 253 g/mol. The highest BCUT2D eigenvalue weighted by molar-refractivity contribution is 5.23. The molecule has 1 unspecified atom stereocenters. The molecule has 0 aliphatic heterocycles. The predicted octanol–water partition coefficient (Wildman–Crippen LogP) is 2.12. The fourth-order valence-electron chi connectivity index (χ4n) is 1.43. The van der Waals surface area contributed by atoms with E-state index in [9.17, 15) is 9.50 Å². The van der Waals surface area contributed by atoms with Gasteiger partial charge in [0.15, 0.2) is 11.6 Å². The first kappa shape index (κ1) is 14.7. The number of hydrogen-bond donors (Lipinski definition) is 2. The van der Waals surface area contributed by atoms with Crippen LogP contribution in [0.2, 0.25) is 0 Å². The molecule has 0 amide bonds. The third-order valence-corrected chi connectivity index (χ3v) is 2.37. The normalized spacial score (nSPS) is 12.8. The maximum absolute atomic E-state index is 13.2. The first-order valence-electron chi connectivity index (χ1n) is 6.11. The minimum absolute atomic E-state index is 0.0809. The van der Waals surface area contributed by atoms with Gasteiger partial charge in [0.1, 0.15) is 12.7 Å². The Kier molecular flexibility index (Phi) is 7.06. The lowest BCUT2D eigenvalue weighted by Crippen LogP contribution is -2.31. The minimum atomic E-state index is -0.643. The average Bonchev–Trinajstić information content (AvgIpc) is 2.37.